The Labute approximate surface area is 130 Å². The lowest BCUT2D eigenvalue weighted by Crippen LogP contribution is -2.07. The second kappa shape index (κ2) is 5.24. The molecule has 1 N–H and O–H groups in total. The van der Waals surface area contributed by atoms with Gasteiger partial charge in [-0.1, -0.05) is 13.8 Å². The Kier molecular flexibility index (Phi) is 3.37. The molecule has 1 fully saturated rings. The van der Waals surface area contributed by atoms with Gasteiger partial charge in [0.2, 0.25) is 0 Å². The van der Waals surface area contributed by atoms with Gasteiger partial charge in [0.1, 0.15) is 16.5 Å². The molecule has 2 aliphatic carbocycles. The van der Waals surface area contributed by atoms with Crippen LogP contribution in [-0.2, 0) is 12.8 Å². The van der Waals surface area contributed by atoms with Crippen LogP contribution in [0.15, 0.2) is 0 Å². The molecule has 112 valence electrons. The fourth-order valence-electron chi connectivity index (χ4n) is 3.39. The van der Waals surface area contributed by atoms with Crippen LogP contribution in [0.4, 0.5) is 5.82 Å². The molecule has 0 aromatic carbocycles. The van der Waals surface area contributed by atoms with Crippen molar-refractivity contribution < 1.29 is 0 Å². The molecule has 3 nitrogen and oxygen atoms in total. The van der Waals surface area contributed by atoms with Crippen molar-refractivity contribution >= 4 is 27.4 Å². The quantitative estimate of drug-likeness (QED) is 0.902. The molecule has 0 amide bonds. The minimum Gasteiger partial charge on any atom is -0.369 e. The molecule has 1 saturated carbocycles. The summed E-state index contributed by atoms with van der Waals surface area (Å²) in [7, 11) is 0. The predicted molar refractivity (Wildman–Crippen MR) is 89.4 cm³/mol. The van der Waals surface area contributed by atoms with Crippen molar-refractivity contribution in [3.63, 3.8) is 0 Å². The molecule has 2 unspecified atom stereocenters. The lowest BCUT2D eigenvalue weighted by Gasteiger charge is -2.13. The zero-order valence-corrected chi connectivity index (χ0v) is 13.7. The summed E-state index contributed by atoms with van der Waals surface area (Å²) in [6.45, 7) is 5.51. The summed E-state index contributed by atoms with van der Waals surface area (Å²) < 4.78 is 0. The van der Waals surface area contributed by atoms with Crippen molar-refractivity contribution in [1.82, 2.24) is 9.97 Å². The van der Waals surface area contributed by atoms with E-state index in [1.165, 1.54) is 47.9 Å². The fourth-order valence-corrected chi connectivity index (χ4v) is 4.66. The highest BCUT2D eigenvalue weighted by atomic mass is 32.1. The van der Waals surface area contributed by atoms with E-state index in [1.54, 1.807) is 4.88 Å². The molecule has 0 bridgehead atoms. The van der Waals surface area contributed by atoms with Gasteiger partial charge in [-0.25, -0.2) is 9.97 Å². The number of hydrogen-bond donors (Lipinski definition) is 1. The van der Waals surface area contributed by atoms with Crippen LogP contribution in [0, 0.1) is 5.92 Å². The van der Waals surface area contributed by atoms with E-state index in [0.29, 0.717) is 5.92 Å². The Hall–Kier alpha value is -1.16. The maximum absolute atomic E-state index is 4.93. The highest BCUT2D eigenvalue weighted by molar-refractivity contribution is 7.19. The second-order valence-electron chi connectivity index (χ2n) is 6.57. The monoisotopic (exact) mass is 301 g/mol. The predicted octanol–water partition coefficient (Wildman–Crippen LogP) is 4.52. The number of nitrogens with one attached hydrogen (secondary N) is 1. The van der Waals surface area contributed by atoms with Crippen molar-refractivity contribution in [2.45, 2.75) is 58.3 Å². The van der Waals surface area contributed by atoms with Crippen molar-refractivity contribution in [1.29, 1.82) is 0 Å². The number of aromatic nitrogens is 2. The van der Waals surface area contributed by atoms with Gasteiger partial charge in [-0.05, 0) is 50.0 Å². The number of aryl methyl sites for hydroxylation is 2. The van der Waals surface area contributed by atoms with Crippen LogP contribution in [0.1, 0.15) is 61.7 Å². The first-order valence-electron chi connectivity index (χ1n) is 8.34. The Morgan fingerprint density at radius 3 is 2.81 bits per heavy atom. The summed E-state index contributed by atoms with van der Waals surface area (Å²) in [4.78, 5) is 12.6. The van der Waals surface area contributed by atoms with Gasteiger partial charge in [0.05, 0.1) is 5.39 Å². The minimum absolute atomic E-state index is 0.593. The van der Waals surface area contributed by atoms with E-state index in [-0.39, 0.29) is 0 Å². The van der Waals surface area contributed by atoms with Crippen LogP contribution in [0.2, 0.25) is 0 Å². The number of hydrogen-bond acceptors (Lipinski definition) is 4. The summed E-state index contributed by atoms with van der Waals surface area (Å²) in [5.41, 5.74) is 1.54. The van der Waals surface area contributed by atoms with Crippen LogP contribution in [-0.4, -0.2) is 16.5 Å². The Morgan fingerprint density at radius 1 is 1.24 bits per heavy atom. The standard InChI is InChI=1S/C17H23N3S/c1-3-8-18-16-14-11-6-4-5-7-13(11)21-17(14)20-15(19-16)12-9-10(12)2/h10,12H,3-9H2,1-2H3,(H,18,19,20). The molecule has 2 aliphatic rings. The summed E-state index contributed by atoms with van der Waals surface area (Å²) in [6, 6.07) is 0. The van der Waals surface area contributed by atoms with Crippen molar-refractivity contribution in [3.8, 4) is 0 Å². The van der Waals surface area contributed by atoms with E-state index < -0.39 is 0 Å². The van der Waals surface area contributed by atoms with Crippen molar-refractivity contribution in [2.24, 2.45) is 5.92 Å². The van der Waals surface area contributed by atoms with Crippen LogP contribution >= 0.6 is 11.3 Å². The lowest BCUT2D eigenvalue weighted by atomic mass is 9.97. The second-order valence-corrected chi connectivity index (χ2v) is 7.65. The van der Waals surface area contributed by atoms with Crippen molar-refractivity contribution in [3.05, 3.63) is 16.3 Å². The number of thiophene rings is 1. The molecule has 2 aromatic rings. The van der Waals surface area contributed by atoms with Crippen LogP contribution in [0.3, 0.4) is 0 Å². The smallest absolute Gasteiger partial charge is 0.138 e. The highest BCUT2D eigenvalue weighted by Crippen LogP contribution is 2.47. The molecule has 21 heavy (non-hydrogen) atoms. The lowest BCUT2D eigenvalue weighted by molar-refractivity contribution is 0.700. The number of nitrogens with zero attached hydrogens (tertiary/aromatic N) is 2. The van der Waals surface area contributed by atoms with Crippen LogP contribution < -0.4 is 5.32 Å². The highest BCUT2D eigenvalue weighted by Gasteiger charge is 2.37. The molecule has 0 saturated heterocycles. The Morgan fingerprint density at radius 2 is 2.05 bits per heavy atom. The largest absolute Gasteiger partial charge is 0.369 e. The summed E-state index contributed by atoms with van der Waals surface area (Å²) >= 11 is 1.92. The molecular weight excluding hydrogens is 278 g/mol. The Bertz CT molecular complexity index is 676. The summed E-state index contributed by atoms with van der Waals surface area (Å²) in [6.07, 6.45) is 7.47. The van der Waals surface area contributed by atoms with Gasteiger partial charge in [-0.15, -0.1) is 11.3 Å². The first-order chi connectivity index (χ1) is 10.3. The first kappa shape index (κ1) is 13.5. The molecular formula is C17H23N3S. The third kappa shape index (κ3) is 2.33. The first-order valence-corrected chi connectivity index (χ1v) is 9.15. The van der Waals surface area contributed by atoms with Gasteiger partial charge in [0, 0.05) is 17.3 Å². The third-order valence-electron chi connectivity index (χ3n) is 4.82. The molecule has 4 heteroatoms. The number of fused-ring (bicyclic) bond motifs is 3. The average molecular weight is 301 g/mol. The molecule has 0 radical (unpaired) electrons. The van der Waals surface area contributed by atoms with E-state index >= 15 is 0 Å². The zero-order valence-electron chi connectivity index (χ0n) is 12.9. The van der Waals surface area contributed by atoms with Crippen LogP contribution in [0.25, 0.3) is 10.2 Å². The van der Waals surface area contributed by atoms with E-state index in [4.69, 9.17) is 9.97 Å². The van der Waals surface area contributed by atoms with Crippen LogP contribution in [0.5, 0.6) is 0 Å². The summed E-state index contributed by atoms with van der Waals surface area (Å²) in [5.74, 6) is 3.54. The normalized spacial score (nSPS) is 24.1. The third-order valence-corrected chi connectivity index (χ3v) is 6.00. The topological polar surface area (TPSA) is 37.8 Å². The molecule has 0 spiro atoms. The van der Waals surface area contributed by atoms with Gasteiger partial charge in [-0.2, -0.15) is 0 Å². The number of anilines is 1. The maximum atomic E-state index is 4.93. The van der Waals surface area contributed by atoms with Gasteiger partial charge in [-0.3, -0.25) is 0 Å². The van der Waals surface area contributed by atoms with Crippen molar-refractivity contribution in [2.75, 3.05) is 11.9 Å². The molecule has 2 heterocycles. The minimum atomic E-state index is 0.593. The number of rotatable bonds is 4. The molecule has 2 atom stereocenters. The van der Waals surface area contributed by atoms with E-state index in [9.17, 15) is 0 Å². The SMILES string of the molecule is CCCNc1nc(C2CC2C)nc2sc3c(c12)CCCC3. The van der Waals surface area contributed by atoms with Gasteiger partial charge in [0.25, 0.3) is 0 Å². The molecule has 2 aromatic heterocycles. The summed E-state index contributed by atoms with van der Waals surface area (Å²) in [5, 5.41) is 4.90. The van der Waals surface area contributed by atoms with Gasteiger partial charge in [0.15, 0.2) is 0 Å². The van der Waals surface area contributed by atoms with E-state index in [1.807, 2.05) is 11.3 Å². The van der Waals surface area contributed by atoms with Gasteiger partial charge >= 0.3 is 0 Å². The van der Waals surface area contributed by atoms with E-state index in [0.717, 1.165) is 30.5 Å². The van der Waals surface area contributed by atoms with E-state index in [2.05, 4.69) is 19.2 Å². The Balaban J connectivity index is 1.85. The maximum Gasteiger partial charge on any atom is 0.138 e. The molecule has 4 rings (SSSR count). The molecule has 0 aliphatic heterocycles. The average Bonchev–Trinajstić information content (AvgIpc) is 3.10. The fraction of sp³-hybridized carbons (Fsp3) is 0.647. The van der Waals surface area contributed by atoms with Gasteiger partial charge < -0.3 is 5.32 Å². The zero-order chi connectivity index (χ0) is 14.4.